The molecule has 3 fully saturated rings. The van der Waals surface area contributed by atoms with Gasteiger partial charge in [-0.25, -0.2) is 0 Å². The lowest BCUT2D eigenvalue weighted by Gasteiger charge is -2.32. The van der Waals surface area contributed by atoms with Crippen molar-refractivity contribution < 1.29 is 14.3 Å². The van der Waals surface area contributed by atoms with E-state index in [1.807, 2.05) is 30.3 Å². The molecule has 0 aliphatic carbocycles. The van der Waals surface area contributed by atoms with Gasteiger partial charge in [0.25, 0.3) is 0 Å². The molecule has 1 amide bonds. The molecule has 162 valence electrons. The number of nitrogens with zero attached hydrogens (tertiary/aromatic N) is 2. The minimum Gasteiger partial charge on any atom is -0.497 e. The Balaban J connectivity index is 1.33. The highest BCUT2D eigenvalue weighted by molar-refractivity contribution is 5.90. The Morgan fingerprint density at radius 3 is 2.68 bits per heavy atom. The molecular formula is C26H30N2O3. The molecular weight excluding hydrogens is 388 g/mol. The monoisotopic (exact) mass is 418 g/mol. The summed E-state index contributed by atoms with van der Waals surface area (Å²) in [7, 11) is 3.37. The smallest absolute Gasteiger partial charge is 0.243 e. The molecule has 0 N–H and O–H groups in total. The van der Waals surface area contributed by atoms with Crippen molar-refractivity contribution in [3.8, 4) is 11.5 Å². The van der Waals surface area contributed by atoms with E-state index in [9.17, 15) is 4.79 Å². The van der Waals surface area contributed by atoms with Crippen LogP contribution in [0.5, 0.6) is 11.5 Å². The summed E-state index contributed by atoms with van der Waals surface area (Å²) in [5, 5.41) is 0. The summed E-state index contributed by atoms with van der Waals surface area (Å²) in [4.78, 5) is 18.2. The van der Waals surface area contributed by atoms with Crippen LogP contribution in [0.4, 0.5) is 0 Å². The molecule has 31 heavy (non-hydrogen) atoms. The average molecular weight is 419 g/mol. The molecule has 0 radical (unpaired) electrons. The number of para-hydroxylation sites is 1. The fourth-order valence-electron chi connectivity index (χ4n) is 5.92. The SMILES string of the molecule is COc1ccc(C=C[C@@H]2C[C@H]3CN(Cc4ccccc4OC)C(=O)[C@]34CCCN24)cc1. The molecule has 5 rings (SSSR count). The fourth-order valence-corrected chi connectivity index (χ4v) is 5.92. The lowest BCUT2D eigenvalue weighted by atomic mass is 9.85. The minimum absolute atomic E-state index is 0.307. The van der Waals surface area contributed by atoms with E-state index in [-0.39, 0.29) is 5.54 Å². The van der Waals surface area contributed by atoms with Gasteiger partial charge in [0.1, 0.15) is 17.0 Å². The number of methoxy groups -OCH3 is 2. The predicted molar refractivity (Wildman–Crippen MR) is 121 cm³/mol. The van der Waals surface area contributed by atoms with Gasteiger partial charge in [-0.2, -0.15) is 0 Å². The maximum Gasteiger partial charge on any atom is 0.243 e. The van der Waals surface area contributed by atoms with E-state index < -0.39 is 0 Å². The molecule has 0 saturated carbocycles. The van der Waals surface area contributed by atoms with E-state index in [0.29, 0.717) is 24.4 Å². The first-order valence-corrected chi connectivity index (χ1v) is 11.2. The van der Waals surface area contributed by atoms with Crippen molar-refractivity contribution in [3.63, 3.8) is 0 Å². The number of benzene rings is 2. The van der Waals surface area contributed by atoms with E-state index >= 15 is 0 Å². The number of hydrogen-bond donors (Lipinski definition) is 0. The van der Waals surface area contributed by atoms with Crippen LogP contribution in [0.3, 0.4) is 0 Å². The maximum atomic E-state index is 13.7. The van der Waals surface area contributed by atoms with Crippen molar-refractivity contribution in [1.82, 2.24) is 9.80 Å². The molecule has 3 saturated heterocycles. The van der Waals surface area contributed by atoms with Crippen molar-refractivity contribution >= 4 is 12.0 Å². The number of ether oxygens (including phenoxy) is 2. The summed E-state index contributed by atoms with van der Waals surface area (Å²) in [6.07, 6.45) is 7.60. The highest BCUT2D eigenvalue weighted by Crippen LogP contribution is 2.52. The maximum absolute atomic E-state index is 13.7. The highest BCUT2D eigenvalue weighted by atomic mass is 16.5. The molecule has 0 unspecified atom stereocenters. The van der Waals surface area contributed by atoms with Crippen LogP contribution in [-0.2, 0) is 11.3 Å². The van der Waals surface area contributed by atoms with Gasteiger partial charge in [-0.1, -0.05) is 42.5 Å². The third kappa shape index (κ3) is 3.32. The van der Waals surface area contributed by atoms with Crippen molar-refractivity contribution in [2.75, 3.05) is 27.3 Å². The number of carbonyl (C=O) groups is 1. The zero-order valence-corrected chi connectivity index (χ0v) is 18.3. The van der Waals surface area contributed by atoms with Crippen LogP contribution in [0, 0.1) is 5.92 Å². The minimum atomic E-state index is -0.309. The summed E-state index contributed by atoms with van der Waals surface area (Å²) in [5.74, 6) is 2.42. The van der Waals surface area contributed by atoms with E-state index in [4.69, 9.17) is 9.47 Å². The Morgan fingerprint density at radius 2 is 1.90 bits per heavy atom. The van der Waals surface area contributed by atoms with Gasteiger partial charge in [0.05, 0.1) is 14.2 Å². The molecule has 3 heterocycles. The summed E-state index contributed by atoms with van der Waals surface area (Å²) in [6, 6.07) is 16.5. The molecule has 5 nitrogen and oxygen atoms in total. The zero-order valence-electron chi connectivity index (χ0n) is 18.3. The molecule has 2 aromatic carbocycles. The largest absolute Gasteiger partial charge is 0.497 e. The van der Waals surface area contributed by atoms with E-state index in [2.05, 4.69) is 40.2 Å². The zero-order chi connectivity index (χ0) is 21.4. The van der Waals surface area contributed by atoms with Gasteiger partial charge in [0.15, 0.2) is 0 Å². The lowest BCUT2D eigenvalue weighted by molar-refractivity contribution is -0.137. The number of rotatable bonds is 6. The van der Waals surface area contributed by atoms with Gasteiger partial charge in [-0.3, -0.25) is 9.69 Å². The van der Waals surface area contributed by atoms with E-state index in [1.54, 1.807) is 14.2 Å². The van der Waals surface area contributed by atoms with Crippen molar-refractivity contribution in [1.29, 1.82) is 0 Å². The first-order valence-electron chi connectivity index (χ1n) is 11.2. The van der Waals surface area contributed by atoms with Gasteiger partial charge < -0.3 is 14.4 Å². The first-order chi connectivity index (χ1) is 15.2. The molecule has 3 atom stereocenters. The lowest BCUT2D eigenvalue weighted by Crippen LogP contribution is -2.50. The topological polar surface area (TPSA) is 42.0 Å². The van der Waals surface area contributed by atoms with Gasteiger partial charge in [0.2, 0.25) is 5.91 Å². The van der Waals surface area contributed by atoms with Crippen LogP contribution in [0.15, 0.2) is 54.6 Å². The van der Waals surface area contributed by atoms with Crippen LogP contribution in [0.25, 0.3) is 6.08 Å². The third-order valence-corrected chi connectivity index (χ3v) is 7.35. The predicted octanol–water partition coefficient (Wildman–Crippen LogP) is 3.98. The molecule has 3 aliphatic rings. The fraction of sp³-hybridized carbons (Fsp3) is 0.423. The van der Waals surface area contributed by atoms with Gasteiger partial charge in [-0.05, 0) is 49.6 Å². The Morgan fingerprint density at radius 1 is 1.10 bits per heavy atom. The summed E-state index contributed by atoms with van der Waals surface area (Å²) in [6.45, 7) is 2.46. The second kappa shape index (κ2) is 8.04. The summed E-state index contributed by atoms with van der Waals surface area (Å²) < 4.78 is 10.8. The average Bonchev–Trinajstić information content (AvgIpc) is 3.44. The third-order valence-electron chi connectivity index (χ3n) is 7.35. The van der Waals surface area contributed by atoms with Crippen molar-refractivity contribution in [3.05, 3.63) is 65.7 Å². The Bertz CT molecular complexity index is 986. The Hall–Kier alpha value is -2.79. The van der Waals surface area contributed by atoms with Crippen LogP contribution in [-0.4, -0.2) is 54.6 Å². The van der Waals surface area contributed by atoms with Crippen LogP contribution in [0.1, 0.15) is 30.4 Å². The van der Waals surface area contributed by atoms with Gasteiger partial charge in [0, 0.05) is 30.6 Å². The number of hydrogen-bond acceptors (Lipinski definition) is 4. The summed E-state index contributed by atoms with van der Waals surface area (Å²) in [5.41, 5.74) is 1.93. The van der Waals surface area contributed by atoms with Crippen LogP contribution in [0.2, 0.25) is 0 Å². The second-order valence-corrected chi connectivity index (χ2v) is 8.85. The summed E-state index contributed by atoms with van der Waals surface area (Å²) >= 11 is 0. The van der Waals surface area contributed by atoms with E-state index in [1.165, 1.54) is 0 Å². The first kappa shape index (κ1) is 20.1. The quantitative estimate of drug-likeness (QED) is 0.712. The number of likely N-dealkylation sites (tertiary alicyclic amines) is 1. The second-order valence-electron chi connectivity index (χ2n) is 8.85. The van der Waals surface area contributed by atoms with Crippen LogP contribution < -0.4 is 9.47 Å². The normalized spacial score (nSPS) is 27.7. The van der Waals surface area contributed by atoms with Gasteiger partial charge in [-0.15, -0.1) is 0 Å². The molecule has 3 aliphatic heterocycles. The van der Waals surface area contributed by atoms with Crippen molar-refractivity contribution in [2.45, 2.75) is 37.4 Å². The number of amides is 1. The standard InChI is InChI=1S/C26H30N2O3/c1-30-23-12-9-19(10-13-23)8-11-22-16-21-18-27(17-20-6-3-4-7-24(20)31-2)25(29)26(21)14-5-15-28(22)26/h3-4,6-13,21-22H,5,14-18H2,1-2H3/t21-,22+,26-/m0/s1. The Labute approximate surface area is 184 Å². The number of carbonyl (C=O) groups excluding carboxylic acids is 1. The molecule has 0 bridgehead atoms. The Kier molecular flexibility index (Phi) is 5.22. The van der Waals surface area contributed by atoms with Crippen LogP contribution >= 0.6 is 0 Å². The van der Waals surface area contributed by atoms with Crippen molar-refractivity contribution in [2.24, 2.45) is 5.92 Å². The molecule has 2 aromatic rings. The molecule has 1 spiro atoms. The van der Waals surface area contributed by atoms with E-state index in [0.717, 1.165) is 55.0 Å². The molecule has 0 aromatic heterocycles. The highest BCUT2D eigenvalue weighted by Gasteiger charge is 2.64. The molecule has 5 heteroatoms. The van der Waals surface area contributed by atoms with Gasteiger partial charge >= 0.3 is 0 Å².